The van der Waals surface area contributed by atoms with E-state index in [2.05, 4.69) is 22.5 Å². The molecule has 3 rings (SSSR count). The summed E-state index contributed by atoms with van der Waals surface area (Å²) in [6.45, 7) is 6.03. The van der Waals surface area contributed by atoms with E-state index in [0.717, 1.165) is 56.4 Å². The summed E-state index contributed by atoms with van der Waals surface area (Å²) in [4.78, 5) is 27.9. The van der Waals surface area contributed by atoms with Crippen LogP contribution in [0.1, 0.15) is 80.8 Å². The molecule has 1 aliphatic heterocycles. The Bertz CT molecular complexity index is 860. The highest BCUT2D eigenvalue weighted by molar-refractivity contribution is 6.02. The average molecular weight is 422 g/mol. The van der Waals surface area contributed by atoms with E-state index in [0.29, 0.717) is 17.7 Å². The van der Waals surface area contributed by atoms with Crippen molar-refractivity contribution in [2.24, 2.45) is 0 Å². The number of carbonyl (C=O) groups is 2. The van der Waals surface area contributed by atoms with Gasteiger partial charge in [-0.05, 0) is 56.4 Å². The first-order chi connectivity index (χ1) is 15.1. The summed E-state index contributed by atoms with van der Waals surface area (Å²) in [5.41, 5.74) is 3.31. The minimum Gasteiger partial charge on any atom is -0.371 e. The summed E-state index contributed by atoms with van der Waals surface area (Å²) in [6, 6.07) is 15.6. The molecule has 0 spiro atoms. The lowest BCUT2D eigenvalue weighted by molar-refractivity contribution is -0.116. The molecule has 2 N–H and O–H groups in total. The second kappa shape index (κ2) is 11.5. The Balaban J connectivity index is 1.79. The van der Waals surface area contributed by atoms with Crippen LogP contribution in [0.4, 0.5) is 11.4 Å². The molecule has 5 nitrogen and oxygen atoms in total. The number of unbranched alkanes of at least 4 members (excludes halogenated alkanes) is 2. The number of nitrogens with one attached hydrogen (secondary N) is 2. The lowest BCUT2D eigenvalue weighted by Crippen LogP contribution is -2.33. The van der Waals surface area contributed by atoms with Gasteiger partial charge in [-0.15, -0.1) is 0 Å². The number of benzene rings is 2. The monoisotopic (exact) mass is 421 g/mol. The highest BCUT2D eigenvalue weighted by Crippen LogP contribution is 2.28. The second-order valence-corrected chi connectivity index (χ2v) is 8.39. The second-order valence-electron chi connectivity index (χ2n) is 8.39. The molecule has 2 aromatic carbocycles. The van der Waals surface area contributed by atoms with Gasteiger partial charge in [0.1, 0.15) is 0 Å². The van der Waals surface area contributed by atoms with Crippen LogP contribution >= 0.6 is 0 Å². The van der Waals surface area contributed by atoms with Crippen LogP contribution in [0.15, 0.2) is 48.5 Å². The smallest absolute Gasteiger partial charge is 0.253 e. The van der Waals surface area contributed by atoms with Crippen LogP contribution in [0.3, 0.4) is 0 Å². The van der Waals surface area contributed by atoms with Crippen molar-refractivity contribution >= 4 is 23.2 Å². The summed E-state index contributed by atoms with van der Waals surface area (Å²) in [7, 11) is 0. The van der Waals surface area contributed by atoms with Gasteiger partial charge in [0.2, 0.25) is 5.91 Å². The van der Waals surface area contributed by atoms with Gasteiger partial charge in [-0.25, -0.2) is 0 Å². The number of anilines is 2. The Kier molecular flexibility index (Phi) is 8.51. The standard InChI is InChI=1S/C26H35N3O2/c1-3-4-7-14-25(30)28-22-15-16-24(29-17-10-6-11-18-29)23(19-22)26(31)27-20(2)21-12-8-5-9-13-21/h5,8-9,12-13,15-16,19-20H,3-4,6-7,10-11,14,17-18H2,1-2H3,(H,27,31)(H,28,30)/t20-/m1/s1. The number of hydrogen-bond acceptors (Lipinski definition) is 3. The van der Waals surface area contributed by atoms with Gasteiger partial charge in [-0.1, -0.05) is 50.1 Å². The molecule has 2 aromatic rings. The number of carbonyl (C=O) groups excluding carboxylic acids is 2. The van der Waals surface area contributed by atoms with Crippen molar-refractivity contribution in [2.75, 3.05) is 23.3 Å². The van der Waals surface area contributed by atoms with Crippen LogP contribution in [-0.2, 0) is 4.79 Å². The zero-order valence-corrected chi connectivity index (χ0v) is 18.8. The Hall–Kier alpha value is -2.82. The third kappa shape index (κ3) is 6.58. The van der Waals surface area contributed by atoms with E-state index in [1.54, 1.807) is 0 Å². The van der Waals surface area contributed by atoms with Crippen molar-refractivity contribution in [2.45, 2.75) is 64.8 Å². The minimum atomic E-state index is -0.112. The van der Waals surface area contributed by atoms with Crippen LogP contribution in [0.5, 0.6) is 0 Å². The summed E-state index contributed by atoms with van der Waals surface area (Å²) < 4.78 is 0. The number of nitrogens with zero attached hydrogens (tertiary/aromatic N) is 1. The molecule has 1 heterocycles. The van der Waals surface area contributed by atoms with E-state index in [1.807, 2.05) is 55.5 Å². The quantitative estimate of drug-likeness (QED) is 0.512. The average Bonchev–Trinajstić information content (AvgIpc) is 2.80. The molecule has 1 saturated heterocycles. The molecular weight excluding hydrogens is 386 g/mol. The first-order valence-electron chi connectivity index (χ1n) is 11.6. The van der Waals surface area contributed by atoms with Crippen molar-refractivity contribution in [1.29, 1.82) is 0 Å². The summed E-state index contributed by atoms with van der Waals surface area (Å²) in [5.74, 6) is -0.109. The zero-order chi connectivity index (χ0) is 22.1. The SMILES string of the molecule is CCCCCC(=O)Nc1ccc(N2CCCCC2)c(C(=O)N[C@H](C)c2ccccc2)c1. The summed E-state index contributed by atoms with van der Waals surface area (Å²) in [5, 5.41) is 6.11. The predicted molar refractivity (Wildman–Crippen MR) is 128 cm³/mol. The van der Waals surface area contributed by atoms with E-state index in [4.69, 9.17) is 0 Å². The third-order valence-corrected chi connectivity index (χ3v) is 5.88. The molecule has 0 aliphatic carbocycles. The molecule has 0 unspecified atom stereocenters. The molecule has 1 fully saturated rings. The van der Waals surface area contributed by atoms with Crippen molar-refractivity contribution in [3.8, 4) is 0 Å². The minimum absolute atomic E-state index is 0.00295. The topological polar surface area (TPSA) is 61.4 Å². The molecule has 5 heteroatoms. The van der Waals surface area contributed by atoms with E-state index < -0.39 is 0 Å². The molecular formula is C26H35N3O2. The van der Waals surface area contributed by atoms with Gasteiger partial charge in [0.25, 0.3) is 5.91 Å². The molecule has 166 valence electrons. The van der Waals surface area contributed by atoms with E-state index >= 15 is 0 Å². The van der Waals surface area contributed by atoms with Crippen LogP contribution in [0.2, 0.25) is 0 Å². The Morgan fingerprint density at radius 1 is 1.00 bits per heavy atom. The lowest BCUT2D eigenvalue weighted by atomic mass is 10.0. The van der Waals surface area contributed by atoms with Crippen LogP contribution in [0, 0.1) is 0 Å². The first-order valence-corrected chi connectivity index (χ1v) is 11.6. The highest BCUT2D eigenvalue weighted by atomic mass is 16.2. The van der Waals surface area contributed by atoms with Crippen LogP contribution < -0.4 is 15.5 Å². The Morgan fingerprint density at radius 2 is 1.74 bits per heavy atom. The highest BCUT2D eigenvalue weighted by Gasteiger charge is 2.21. The number of piperidine rings is 1. The normalized spacial score (nSPS) is 14.7. The molecule has 31 heavy (non-hydrogen) atoms. The largest absolute Gasteiger partial charge is 0.371 e. The number of rotatable bonds is 9. The van der Waals surface area contributed by atoms with Crippen molar-refractivity contribution < 1.29 is 9.59 Å². The maximum absolute atomic E-state index is 13.3. The first kappa shape index (κ1) is 22.9. The fourth-order valence-electron chi connectivity index (χ4n) is 4.06. The zero-order valence-electron chi connectivity index (χ0n) is 18.8. The number of hydrogen-bond donors (Lipinski definition) is 2. The van der Waals surface area contributed by atoms with Crippen LogP contribution in [-0.4, -0.2) is 24.9 Å². The number of amides is 2. The Labute approximate surface area is 186 Å². The van der Waals surface area contributed by atoms with Crippen LogP contribution in [0.25, 0.3) is 0 Å². The van der Waals surface area contributed by atoms with Crippen molar-refractivity contribution in [3.05, 3.63) is 59.7 Å². The molecule has 0 saturated carbocycles. The molecule has 1 atom stereocenters. The van der Waals surface area contributed by atoms with Gasteiger partial charge < -0.3 is 15.5 Å². The Morgan fingerprint density at radius 3 is 2.45 bits per heavy atom. The molecule has 0 aromatic heterocycles. The van der Waals surface area contributed by atoms with Gasteiger partial charge in [-0.2, -0.15) is 0 Å². The molecule has 1 aliphatic rings. The van der Waals surface area contributed by atoms with E-state index in [-0.39, 0.29) is 17.9 Å². The fraction of sp³-hybridized carbons (Fsp3) is 0.462. The van der Waals surface area contributed by atoms with Crippen molar-refractivity contribution in [3.63, 3.8) is 0 Å². The molecule has 0 bridgehead atoms. The lowest BCUT2D eigenvalue weighted by Gasteiger charge is -2.31. The molecule has 2 amide bonds. The third-order valence-electron chi connectivity index (χ3n) is 5.88. The maximum Gasteiger partial charge on any atom is 0.253 e. The van der Waals surface area contributed by atoms with Gasteiger partial charge in [0.15, 0.2) is 0 Å². The van der Waals surface area contributed by atoms with E-state index in [9.17, 15) is 9.59 Å². The van der Waals surface area contributed by atoms with Crippen molar-refractivity contribution in [1.82, 2.24) is 5.32 Å². The van der Waals surface area contributed by atoms with Gasteiger partial charge >= 0.3 is 0 Å². The van der Waals surface area contributed by atoms with Gasteiger partial charge in [0.05, 0.1) is 11.6 Å². The molecule has 0 radical (unpaired) electrons. The van der Waals surface area contributed by atoms with Gasteiger partial charge in [0, 0.05) is 30.9 Å². The fourth-order valence-corrected chi connectivity index (χ4v) is 4.06. The maximum atomic E-state index is 13.3. The van der Waals surface area contributed by atoms with E-state index in [1.165, 1.54) is 6.42 Å². The summed E-state index contributed by atoms with van der Waals surface area (Å²) >= 11 is 0. The van der Waals surface area contributed by atoms with Gasteiger partial charge in [-0.3, -0.25) is 9.59 Å². The summed E-state index contributed by atoms with van der Waals surface area (Å²) in [6.07, 6.45) is 7.03. The predicted octanol–water partition coefficient (Wildman–Crippen LogP) is 5.69.